The second-order valence-corrected chi connectivity index (χ2v) is 4.97. The van der Waals surface area contributed by atoms with E-state index in [-0.39, 0.29) is 0 Å². The van der Waals surface area contributed by atoms with Gasteiger partial charge in [-0.25, -0.2) is 0 Å². The van der Waals surface area contributed by atoms with Crippen LogP contribution in [0.15, 0.2) is 0 Å². The third kappa shape index (κ3) is 2.87. The number of aromatic nitrogens is 4. The molecule has 1 heterocycles. The molecule has 0 aliphatic heterocycles. The van der Waals surface area contributed by atoms with Crippen molar-refractivity contribution in [2.24, 2.45) is 7.05 Å². The summed E-state index contributed by atoms with van der Waals surface area (Å²) < 4.78 is 5.88. The molecule has 6 nitrogen and oxygen atoms in total. The van der Waals surface area contributed by atoms with E-state index in [2.05, 4.69) is 15.4 Å². The molecule has 0 amide bonds. The standard InChI is InChI=1S/C12H22N4O2/c1-3-18-12(7-5-4-6-8-12)10(17)9-11-13-15-16(2)14-11/h10,17H,3-9H2,1-2H3. The molecule has 0 radical (unpaired) electrons. The van der Waals surface area contributed by atoms with Crippen LogP contribution in [0.2, 0.25) is 0 Å². The van der Waals surface area contributed by atoms with Crippen LogP contribution in [0.3, 0.4) is 0 Å². The molecule has 1 saturated carbocycles. The molecule has 1 aliphatic rings. The van der Waals surface area contributed by atoms with Crippen LogP contribution >= 0.6 is 0 Å². The summed E-state index contributed by atoms with van der Waals surface area (Å²) in [6.45, 7) is 2.61. The molecule has 2 rings (SSSR count). The van der Waals surface area contributed by atoms with Crippen molar-refractivity contribution in [1.82, 2.24) is 20.2 Å². The fourth-order valence-corrected chi connectivity index (χ4v) is 2.78. The van der Waals surface area contributed by atoms with Crippen LogP contribution < -0.4 is 0 Å². The molecule has 102 valence electrons. The van der Waals surface area contributed by atoms with Crippen molar-refractivity contribution in [3.05, 3.63) is 5.82 Å². The molecule has 0 aromatic carbocycles. The first-order valence-corrected chi connectivity index (χ1v) is 6.71. The largest absolute Gasteiger partial charge is 0.390 e. The zero-order chi connectivity index (χ0) is 13.0. The van der Waals surface area contributed by atoms with Gasteiger partial charge in [0.05, 0.1) is 18.8 Å². The lowest BCUT2D eigenvalue weighted by Crippen LogP contribution is -2.47. The van der Waals surface area contributed by atoms with Crippen molar-refractivity contribution in [3.8, 4) is 0 Å². The molecule has 6 heteroatoms. The Labute approximate surface area is 107 Å². The number of aliphatic hydroxyl groups excluding tert-OH is 1. The lowest BCUT2D eigenvalue weighted by atomic mass is 9.79. The van der Waals surface area contributed by atoms with Gasteiger partial charge in [-0.1, -0.05) is 19.3 Å². The molecule has 1 aromatic heterocycles. The fourth-order valence-electron chi connectivity index (χ4n) is 2.78. The summed E-state index contributed by atoms with van der Waals surface area (Å²) in [5.41, 5.74) is -0.411. The smallest absolute Gasteiger partial charge is 0.177 e. The summed E-state index contributed by atoms with van der Waals surface area (Å²) in [5, 5.41) is 22.3. The molecule has 0 spiro atoms. The SMILES string of the molecule is CCOC1(C(O)Cc2nnn(C)n2)CCCCC1. The summed E-state index contributed by atoms with van der Waals surface area (Å²) in [6, 6.07) is 0. The van der Waals surface area contributed by atoms with Crippen molar-refractivity contribution >= 4 is 0 Å². The Morgan fingerprint density at radius 1 is 1.39 bits per heavy atom. The highest BCUT2D eigenvalue weighted by atomic mass is 16.5. The Bertz CT molecular complexity index is 368. The van der Waals surface area contributed by atoms with E-state index in [0.717, 1.165) is 25.7 Å². The zero-order valence-corrected chi connectivity index (χ0v) is 11.2. The van der Waals surface area contributed by atoms with Crippen LogP contribution in [-0.2, 0) is 18.2 Å². The molecular weight excluding hydrogens is 232 g/mol. The minimum absolute atomic E-state index is 0.411. The lowest BCUT2D eigenvalue weighted by molar-refractivity contribution is -0.139. The number of hydrogen-bond donors (Lipinski definition) is 1. The van der Waals surface area contributed by atoms with Crippen molar-refractivity contribution < 1.29 is 9.84 Å². The molecule has 0 bridgehead atoms. The van der Waals surface area contributed by atoms with E-state index in [9.17, 15) is 5.11 Å². The molecule has 1 aromatic rings. The molecule has 1 unspecified atom stereocenters. The summed E-state index contributed by atoms with van der Waals surface area (Å²) in [7, 11) is 1.72. The van der Waals surface area contributed by atoms with E-state index in [1.54, 1.807) is 7.05 Å². The molecular formula is C12H22N4O2. The highest BCUT2D eigenvalue weighted by Gasteiger charge is 2.40. The predicted molar refractivity (Wildman–Crippen MR) is 66.0 cm³/mol. The highest BCUT2D eigenvalue weighted by Crippen LogP contribution is 2.35. The van der Waals surface area contributed by atoms with E-state index < -0.39 is 11.7 Å². The Hall–Kier alpha value is -1.01. The van der Waals surface area contributed by atoms with Crippen molar-refractivity contribution in [3.63, 3.8) is 0 Å². The Morgan fingerprint density at radius 2 is 2.11 bits per heavy atom. The van der Waals surface area contributed by atoms with Crippen molar-refractivity contribution in [2.45, 2.75) is 57.2 Å². The third-order valence-electron chi connectivity index (χ3n) is 3.66. The Balaban J connectivity index is 2.05. The van der Waals surface area contributed by atoms with Gasteiger partial charge in [0.25, 0.3) is 0 Å². The van der Waals surface area contributed by atoms with Gasteiger partial charge in [-0.15, -0.1) is 10.2 Å². The van der Waals surface area contributed by atoms with Crippen LogP contribution in [0.5, 0.6) is 0 Å². The van der Waals surface area contributed by atoms with Gasteiger partial charge < -0.3 is 9.84 Å². The van der Waals surface area contributed by atoms with E-state index >= 15 is 0 Å². The van der Waals surface area contributed by atoms with Crippen LogP contribution in [0.1, 0.15) is 44.9 Å². The Morgan fingerprint density at radius 3 is 2.67 bits per heavy atom. The van der Waals surface area contributed by atoms with Gasteiger partial charge in [0.2, 0.25) is 0 Å². The van der Waals surface area contributed by atoms with Crippen LogP contribution in [0.25, 0.3) is 0 Å². The summed E-state index contributed by atoms with van der Waals surface area (Å²) in [4.78, 5) is 1.41. The molecule has 0 saturated heterocycles. The summed E-state index contributed by atoms with van der Waals surface area (Å²) in [5.74, 6) is 0.578. The lowest BCUT2D eigenvalue weighted by Gasteiger charge is -2.40. The highest BCUT2D eigenvalue weighted by molar-refractivity contribution is 4.96. The minimum atomic E-state index is -0.554. The molecule has 1 N–H and O–H groups in total. The van der Waals surface area contributed by atoms with Gasteiger partial charge in [0, 0.05) is 13.0 Å². The second kappa shape index (κ2) is 5.75. The number of nitrogens with zero attached hydrogens (tertiary/aromatic N) is 4. The number of aryl methyl sites for hydroxylation is 1. The zero-order valence-electron chi connectivity index (χ0n) is 11.2. The molecule has 1 fully saturated rings. The monoisotopic (exact) mass is 254 g/mol. The van der Waals surface area contributed by atoms with E-state index in [1.165, 1.54) is 11.2 Å². The van der Waals surface area contributed by atoms with E-state index in [1.807, 2.05) is 6.92 Å². The Kier molecular flexibility index (Phi) is 4.29. The number of rotatable bonds is 5. The number of tetrazole rings is 1. The van der Waals surface area contributed by atoms with E-state index in [0.29, 0.717) is 18.9 Å². The summed E-state index contributed by atoms with van der Waals surface area (Å²) >= 11 is 0. The molecule has 1 atom stereocenters. The van der Waals surface area contributed by atoms with Crippen LogP contribution in [-0.4, -0.2) is 43.6 Å². The van der Waals surface area contributed by atoms with Gasteiger partial charge in [-0.05, 0) is 25.0 Å². The maximum Gasteiger partial charge on any atom is 0.177 e. The minimum Gasteiger partial charge on any atom is -0.390 e. The average molecular weight is 254 g/mol. The quantitative estimate of drug-likeness (QED) is 0.843. The fraction of sp³-hybridized carbons (Fsp3) is 0.917. The first-order valence-electron chi connectivity index (χ1n) is 6.71. The average Bonchev–Trinajstić information content (AvgIpc) is 2.76. The van der Waals surface area contributed by atoms with Gasteiger partial charge in [-0.2, -0.15) is 4.80 Å². The third-order valence-corrected chi connectivity index (χ3v) is 3.66. The second-order valence-electron chi connectivity index (χ2n) is 4.97. The normalized spacial score (nSPS) is 20.8. The van der Waals surface area contributed by atoms with Gasteiger partial charge in [0.15, 0.2) is 5.82 Å². The van der Waals surface area contributed by atoms with Gasteiger partial charge in [0.1, 0.15) is 0 Å². The predicted octanol–water partition coefficient (Wildman–Crippen LogP) is 0.853. The van der Waals surface area contributed by atoms with E-state index in [4.69, 9.17) is 4.74 Å². The number of ether oxygens (including phenoxy) is 1. The van der Waals surface area contributed by atoms with Gasteiger partial charge >= 0.3 is 0 Å². The first-order chi connectivity index (χ1) is 8.66. The number of aliphatic hydroxyl groups is 1. The first kappa shape index (κ1) is 13.4. The summed E-state index contributed by atoms with van der Waals surface area (Å²) in [6.07, 6.45) is 5.15. The maximum absolute atomic E-state index is 10.5. The van der Waals surface area contributed by atoms with Crippen LogP contribution in [0, 0.1) is 0 Å². The maximum atomic E-state index is 10.5. The number of hydrogen-bond acceptors (Lipinski definition) is 5. The van der Waals surface area contributed by atoms with Crippen molar-refractivity contribution in [1.29, 1.82) is 0 Å². The van der Waals surface area contributed by atoms with Gasteiger partial charge in [-0.3, -0.25) is 0 Å². The molecule has 1 aliphatic carbocycles. The molecule has 18 heavy (non-hydrogen) atoms. The topological polar surface area (TPSA) is 73.1 Å². The van der Waals surface area contributed by atoms with Crippen molar-refractivity contribution in [2.75, 3.05) is 6.61 Å². The van der Waals surface area contributed by atoms with Crippen LogP contribution in [0.4, 0.5) is 0 Å².